The van der Waals surface area contributed by atoms with E-state index in [0.717, 1.165) is 11.4 Å². The van der Waals surface area contributed by atoms with Crippen molar-refractivity contribution in [2.75, 3.05) is 0 Å². The first-order valence-electron chi connectivity index (χ1n) is 8.80. The van der Waals surface area contributed by atoms with Crippen molar-refractivity contribution < 1.29 is 18.7 Å². The Labute approximate surface area is 156 Å². The van der Waals surface area contributed by atoms with Crippen molar-refractivity contribution >= 4 is 23.2 Å². The average molecular weight is 385 g/mol. The first-order chi connectivity index (χ1) is 12.0. The molecule has 0 amide bonds. The minimum atomic E-state index is -2.55. The molecule has 0 atom stereocenters. The Bertz CT molecular complexity index is 845. The largest absolute Gasteiger partial charge is 0.478 e. The van der Waals surface area contributed by atoms with Crippen molar-refractivity contribution in [2.24, 2.45) is 5.92 Å². The quantitative estimate of drug-likeness (QED) is 0.775. The number of carboxylic acids is 1. The summed E-state index contributed by atoms with van der Waals surface area (Å²) in [7, 11) is 0. The van der Waals surface area contributed by atoms with Gasteiger partial charge in [-0.05, 0) is 31.2 Å². The lowest BCUT2D eigenvalue weighted by atomic mass is 9.81. The zero-order valence-corrected chi connectivity index (χ0v) is 15.9. The number of aromatic carboxylic acids is 1. The number of rotatable bonds is 3. The number of fused-ring (bicyclic) bond motifs is 1. The summed E-state index contributed by atoms with van der Waals surface area (Å²) in [5.41, 5.74) is 2.06. The Kier molecular flexibility index (Phi) is 4.76. The molecule has 142 valence electrons. The number of pyridine rings is 1. The molecule has 3 rings (SSSR count). The van der Waals surface area contributed by atoms with Crippen molar-refractivity contribution in [2.45, 2.75) is 64.2 Å². The highest BCUT2D eigenvalue weighted by atomic mass is 35.5. The number of alkyl halides is 2. The number of carbonyl (C=O) groups is 1. The summed E-state index contributed by atoms with van der Waals surface area (Å²) in [4.78, 5) is 16.0. The third kappa shape index (κ3) is 3.70. The van der Waals surface area contributed by atoms with Gasteiger partial charge in [-0.2, -0.15) is 0 Å². The van der Waals surface area contributed by atoms with Crippen LogP contribution in [0.15, 0.2) is 12.3 Å². The van der Waals surface area contributed by atoms with Gasteiger partial charge in [0.15, 0.2) is 0 Å². The van der Waals surface area contributed by atoms with Crippen molar-refractivity contribution in [1.29, 1.82) is 0 Å². The van der Waals surface area contributed by atoms with E-state index >= 15 is 0 Å². The molecule has 0 aromatic carbocycles. The van der Waals surface area contributed by atoms with Crippen molar-refractivity contribution in [3.8, 4) is 0 Å². The Balaban J connectivity index is 2.04. The molecule has 2 aromatic heterocycles. The fourth-order valence-electron chi connectivity index (χ4n) is 3.65. The fraction of sp³-hybridized carbons (Fsp3) is 0.579. The number of halogens is 3. The maximum Gasteiger partial charge on any atom is 0.337 e. The highest BCUT2D eigenvalue weighted by molar-refractivity contribution is 6.33. The lowest BCUT2D eigenvalue weighted by Gasteiger charge is -2.29. The molecule has 1 aliphatic carbocycles. The molecule has 2 aromatic rings. The summed E-state index contributed by atoms with van der Waals surface area (Å²) in [6, 6.07) is 1.47. The molecule has 0 saturated heterocycles. The highest BCUT2D eigenvalue weighted by Gasteiger charge is 2.36. The van der Waals surface area contributed by atoms with E-state index in [4.69, 9.17) is 11.6 Å². The van der Waals surface area contributed by atoms with Crippen LogP contribution in [0.2, 0.25) is 5.02 Å². The molecule has 1 N–H and O–H groups in total. The normalized spacial score (nSPS) is 18.4. The molecule has 0 aliphatic heterocycles. The molecule has 1 aliphatic rings. The second-order valence-electron chi connectivity index (χ2n) is 8.23. The zero-order chi connectivity index (χ0) is 19.3. The Morgan fingerprint density at radius 1 is 1.38 bits per heavy atom. The van der Waals surface area contributed by atoms with Gasteiger partial charge in [0.05, 0.1) is 16.3 Å². The second kappa shape index (κ2) is 6.48. The molecule has 1 fully saturated rings. The van der Waals surface area contributed by atoms with Gasteiger partial charge < -0.3 is 9.51 Å². The Morgan fingerprint density at radius 3 is 2.54 bits per heavy atom. The van der Waals surface area contributed by atoms with E-state index in [9.17, 15) is 18.7 Å². The Morgan fingerprint density at radius 2 is 2.00 bits per heavy atom. The van der Waals surface area contributed by atoms with E-state index < -0.39 is 11.9 Å². The summed E-state index contributed by atoms with van der Waals surface area (Å²) in [5.74, 6) is -3.50. The van der Waals surface area contributed by atoms with Gasteiger partial charge in [0.25, 0.3) is 0 Å². The maximum atomic E-state index is 13.5. The van der Waals surface area contributed by atoms with Crippen LogP contribution in [0.1, 0.15) is 68.2 Å². The molecule has 7 heteroatoms. The number of carboxylic acid groups (broad SMARTS) is 1. The topological polar surface area (TPSA) is 54.6 Å². The van der Waals surface area contributed by atoms with Crippen LogP contribution in [-0.4, -0.2) is 26.4 Å². The molecule has 1 saturated carbocycles. The van der Waals surface area contributed by atoms with E-state index in [1.54, 1.807) is 6.20 Å². The van der Waals surface area contributed by atoms with Gasteiger partial charge in [0.2, 0.25) is 5.92 Å². The number of nitrogens with zero attached hydrogens (tertiary/aromatic N) is 2. The van der Waals surface area contributed by atoms with Crippen LogP contribution in [0, 0.1) is 5.92 Å². The molecule has 0 bridgehead atoms. The van der Waals surface area contributed by atoms with E-state index in [-0.39, 0.29) is 34.8 Å². The summed E-state index contributed by atoms with van der Waals surface area (Å²) in [6.07, 6.45) is 3.00. The lowest BCUT2D eigenvalue weighted by molar-refractivity contribution is -0.0457. The summed E-state index contributed by atoms with van der Waals surface area (Å²) < 4.78 is 28.7. The van der Waals surface area contributed by atoms with E-state index in [1.165, 1.54) is 6.07 Å². The van der Waals surface area contributed by atoms with Gasteiger partial charge in [-0.1, -0.05) is 32.4 Å². The predicted molar refractivity (Wildman–Crippen MR) is 96.5 cm³/mol. The van der Waals surface area contributed by atoms with Crippen LogP contribution in [0.5, 0.6) is 0 Å². The van der Waals surface area contributed by atoms with Gasteiger partial charge in [0.1, 0.15) is 5.65 Å². The summed E-state index contributed by atoms with van der Waals surface area (Å²) in [6.45, 7) is 6.10. The SMILES string of the molecule is CC(C)(C)c1nc2cc(C(=O)O)c(Cl)cn2c1CC1CCC(F)(F)CC1. The molecule has 26 heavy (non-hydrogen) atoms. The van der Waals surface area contributed by atoms with Gasteiger partial charge in [-0.3, -0.25) is 0 Å². The monoisotopic (exact) mass is 384 g/mol. The fourth-order valence-corrected chi connectivity index (χ4v) is 3.88. The zero-order valence-electron chi connectivity index (χ0n) is 15.2. The van der Waals surface area contributed by atoms with E-state index in [0.29, 0.717) is 24.9 Å². The highest BCUT2D eigenvalue weighted by Crippen LogP contribution is 2.39. The summed E-state index contributed by atoms with van der Waals surface area (Å²) in [5, 5.41) is 9.42. The van der Waals surface area contributed by atoms with Crippen molar-refractivity contribution in [3.63, 3.8) is 0 Å². The second-order valence-corrected chi connectivity index (χ2v) is 8.64. The molecule has 0 radical (unpaired) electrons. The maximum absolute atomic E-state index is 13.5. The minimum Gasteiger partial charge on any atom is -0.478 e. The van der Waals surface area contributed by atoms with Crippen LogP contribution in [-0.2, 0) is 11.8 Å². The predicted octanol–water partition coefficient (Wildman–Crippen LogP) is 5.35. The molecule has 2 heterocycles. The third-order valence-electron chi connectivity index (χ3n) is 5.07. The van der Waals surface area contributed by atoms with E-state index in [1.807, 2.05) is 25.2 Å². The van der Waals surface area contributed by atoms with Crippen molar-refractivity contribution in [1.82, 2.24) is 9.38 Å². The molecule has 0 unspecified atom stereocenters. The smallest absolute Gasteiger partial charge is 0.337 e. The van der Waals surface area contributed by atoms with Crippen LogP contribution in [0.25, 0.3) is 5.65 Å². The van der Waals surface area contributed by atoms with Crippen LogP contribution in [0.4, 0.5) is 8.78 Å². The molecule has 0 spiro atoms. The number of aromatic nitrogens is 2. The van der Waals surface area contributed by atoms with Gasteiger partial charge >= 0.3 is 5.97 Å². The average Bonchev–Trinajstić information content (AvgIpc) is 2.86. The number of hydrogen-bond acceptors (Lipinski definition) is 2. The standard InChI is InChI=1S/C19H23ClF2N2O2/c1-18(2,3)16-14(8-11-4-6-19(21,22)7-5-11)24-10-13(20)12(17(25)26)9-15(24)23-16/h9-11H,4-8H2,1-3H3,(H,25,26). The minimum absolute atomic E-state index is 0.00786. The number of hydrogen-bond donors (Lipinski definition) is 1. The van der Waals surface area contributed by atoms with Crippen LogP contribution < -0.4 is 0 Å². The third-order valence-corrected chi connectivity index (χ3v) is 5.37. The Hall–Kier alpha value is -1.69. The first kappa shape index (κ1) is 19.1. The van der Waals surface area contributed by atoms with Crippen molar-refractivity contribution in [3.05, 3.63) is 34.2 Å². The lowest BCUT2D eigenvalue weighted by Crippen LogP contribution is -2.26. The molecular formula is C19H23ClF2N2O2. The van der Waals surface area contributed by atoms with Crippen LogP contribution >= 0.6 is 11.6 Å². The van der Waals surface area contributed by atoms with Gasteiger partial charge in [-0.25, -0.2) is 18.6 Å². The van der Waals surface area contributed by atoms with Gasteiger partial charge in [0, 0.05) is 30.1 Å². The summed E-state index contributed by atoms with van der Waals surface area (Å²) >= 11 is 6.15. The van der Waals surface area contributed by atoms with E-state index in [2.05, 4.69) is 4.98 Å². The first-order valence-corrected chi connectivity index (χ1v) is 9.18. The van der Waals surface area contributed by atoms with Crippen LogP contribution in [0.3, 0.4) is 0 Å². The van der Waals surface area contributed by atoms with Gasteiger partial charge in [-0.15, -0.1) is 0 Å². The number of imidazole rings is 1. The molecule has 4 nitrogen and oxygen atoms in total. The molecular weight excluding hydrogens is 362 g/mol.